The van der Waals surface area contributed by atoms with Gasteiger partial charge in [0.2, 0.25) is 0 Å². The average Bonchev–Trinajstić information content (AvgIpc) is 0.748. The Bertz CT molecular complexity index is 3670. The van der Waals surface area contributed by atoms with Crippen LogP contribution in [-0.2, 0) is 64.2 Å². The molecule has 0 aromatic heterocycles. The predicted octanol–water partition coefficient (Wildman–Crippen LogP) is 15.2. The fourth-order valence-electron chi connectivity index (χ4n) is 11.1. The van der Waals surface area contributed by atoms with Crippen LogP contribution in [0.25, 0.3) is 0 Å². The van der Waals surface area contributed by atoms with E-state index in [0.29, 0.717) is 60.1 Å². The Labute approximate surface area is 549 Å². The Kier molecular flexibility index (Phi) is 23.7. The summed E-state index contributed by atoms with van der Waals surface area (Å²) in [4.78, 5) is 64.1. The molecule has 23 heteroatoms. The first kappa shape index (κ1) is 71.0. The fourth-order valence-corrected chi connectivity index (χ4v) is 16.0. The maximum absolute atomic E-state index is 14.3. The Morgan fingerprint density at radius 3 is 1.12 bits per heavy atom. The number of hydrogen-bond acceptors (Lipinski definition) is 19. The maximum atomic E-state index is 14.3. The summed E-state index contributed by atoms with van der Waals surface area (Å²) < 4.78 is 64.2. The normalized spacial score (nSPS) is 18.5. The Hall–Kier alpha value is -8.81. The van der Waals surface area contributed by atoms with Gasteiger partial charge in [-0.2, -0.15) is 0 Å². The Morgan fingerprint density at radius 1 is 0.500 bits per heavy atom. The molecule has 6 aromatic carbocycles. The lowest BCUT2D eigenvalue weighted by Gasteiger charge is -2.39. The van der Waals surface area contributed by atoms with E-state index in [1.54, 1.807) is 52.0 Å². The van der Waals surface area contributed by atoms with Crippen LogP contribution in [-0.4, -0.2) is 80.3 Å². The number of allylic oxidation sites excluding steroid dienone is 6. The molecule has 0 aliphatic carbocycles. The third-order valence-corrected chi connectivity index (χ3v) is 19.9. The molecule has 2 atom stereocenters. The Morgan fingerprint density at radius 2 is 0.809 bits per heavy atom. The number of carbonyl (C=O) groups excluding carboxylic acids is 3. The topological polar surface area (TPSA) is 258 Å². The molecular formula is C71H82N6O15P2. The van der Waals surface area contributed by atoms with Gasteiger partial charge in [0.25, 0.3) is 11.4 Å². The molecule has 21 nitrogen and oxygen atoms in total. The van der Waals surface area contributed by atoms with Gasteiger partial charge in [0, 0.05) is 82.3 Å². The van der Waals surface area contributed by atoms with E-state index in [1.807, 2.05) is 149 Å². The van der Waals surface area contributed by atoms with Gasteiger partial charge >= 0.3 is 27.1 Å². The second-order valence-electron chi connectivity index (χ2n) is 25.0. The van der Waals surface area contributed by atoms with Crippen LogP contribution < -0.4 is 20.4 Å². The van der Waals surface area contributed by atoms with Crippen molar-refractivity contribution in [2.45, 2.75) is 94.2 Å². The van der Waals surface area contributed by atoms with E-state index < -0.39 is 48.8 Å². The number of esters is 2. The zero-order valence-electron chi connectivity index (χ0n) is 54.7. The SMILES string of the molecule is CC(C)=O.CC1=C(C(=O)OCCN(Cc2ccccc2)c2ccccc2)[C@@H](c2cccc([N+](=O)[O-])c2)C(P2(=O)OCC(C)(C)CO2)=C(C)N1.CC1=C(C(=O)OCCN(Cc2ccccc2)c2ccccc2)[C@H](c2cccc([N+](=O)[O-])c2)C(P2(=O)OCC(C)(C)CO2)=C(C)N1. The quantitative estimate of drug-likeness (QED) is 0.0311. The summed E-state index contributed by atoms with van der Waals surface area (Å²) >= 11 is 0. The number of para-hydroxylation sites is 2. The van der Waals surface area contributed by atoms with Crippen molar-refractivity contribution in [1.29, 1.82) is 0 Å². The number of ketones is 1. The first-order chi connectivity index (χ1) is 44.7. The highest BCUT2D eigenvalue weighted by Crippen LogP contribution is 2.68. The molecule has 0 unspecified atom stereocenters. The van der Waals surface area contributed by atoms with Gasteiger partial charge < -0.3 is 52.8 Å². The molecule has 496 valence electrons. The van der Waals surface area contributed by atoms with Crippen LogP contribution in [0.15, 0.2) is 214 Å². The summed E-state index contributed by atoms with van der Waals surface area (Å²) in [6.45, 7) is 20.7. The minimum absolute atomic E-state index is 0.0654. The van der Waals surface area contributed by atoms with Crippen LogP contribution in [0.1, 0.15) is 103 Å². The molecule has 2 N–H and O–H groups in total. The van der Waals surface area contributed by atoms with E-state index >= 15 is 0 Å². The molecule has 0 spiro atoms. The molecule has 10 rings (SSSR count). The Balaban J connectivity index is 0.000000228. The molecule has 2 fully saturated rings. The standard InChI is InChI=1S/2C34H38N3O7P.C3H6O/c2*1-24-30(33(38)42-19-18-36(28-15-9-6-10-16-28)21-26-12-7-5-8-13-26)31(27-14-11-17-29(20-27)37(39)40)32(25(2)35-24)45(41)43-22-34(3,4)23-44-45;1-3(2)4/h2*5-17,20,31,35H,18-19,21-23H2,1-4H3;1-2H3/t2*31-;/m10./s1. The third-order valence-electron chi connectivity index (χ3n) is 15.7. The number of nitro groups is 2. The van der Waals surface area contributed by atoms with Gasteiger partial charge in [0.1, 0.15) is 19.0 Å². The second-order valence-corrected chi connectivity index (χ2v) is 29.0. The molecule has 2 saturated heterocycles. The zero-order valence-corrected chi connectivity index (χ0v) is 56.5. The van der Waals surface area contributed by atoms with Crippen molar-refractivity contribution >= 4 is 55.7 Å². The first-order valence-corrected chi connectivity index (χ1v) is 33.9. The van der Waals surface area contributed by atoms with E-state index in [0.717, 1.165) is 22.5 Å². The smallest absolute Gasteiger partial charge is 0.360 e. The number of rotatable bonds is 20. The molecule has 4 heterocycles. The molecular weight excluding hydrogens is 1240 g/mol. The summed E-state index contributed by atoms with van der Waals surface area (Å²) in [6, 6.07) is 51.7. The number of benzene rings is 6. The van der Waals surface area contributed by atoms with Crippen LogP contribution in [0.4, 0.5) is 22.7 Å². The summed E-state index contributed by atoms with van der Waals surface area (Å²) in [6.07, 6.45) is 0. The summed E-state index contributed by atoms with van der Waals surface area (Å²) in [7, 11) is -7.82. The van der Waals surface area contributed by atoms with Crippen LogP contribution in [0.3, 0.4) is 0 Å². The van der Waals surface area contributed by atoms with Crippen LogP contribution in [0.5, 0.6) is 0 Å². The maximum Gasteiger partial charge on any atom is 0.360 e. The first-order valence-electron chi connectivity index (χ1n) is 30.8. The summed E-state index contributed by atoms with van der Waals surface area (Å²) in [5.74, 6) is -3.00. The minimum atomic E-state index is -3.91. The lowest BCUT2D eigenvalue weighted by molar-refractivity contribution is -0.385. The minimum Gasteiger partial charge on any atom is -0.460 e. The van der Waals surface area contributed by atoms with E-state index in [4.69, 9.17) is 27.6 Å². The fraction of sp³-hybridized carbons (Fsp3) is 0.338. The molecule has 94 heavy (non-hydrogen) atoms. The number of dihydropyridines is 2. The van der Waals surface area contributed by atoms with Crippen LogP contribution >= 0.6 is 15.2 Å². The van der Waals surface area contributed by atoms with Gasteiger partial charge in [-0.1, -0.05) is 149 Å². The van der Waals surface area contributed by atoms with E-state index in [2.05, 4.69) is 20.4 Å². The van der Waals surface area contributed by atoms with Crippen molar-refractivity contribution in [2.24, 2.45) is 10.8 Å². The van der Waals surface area contributed by atoms with Gasteiger partial charge in [-0.3, -0.25) is 29.4 Å². The van der Waals surface area contributed by atoms with Gasteiger partial charge in [-0.25, -0.2) is 9.59 Å². The second kappa shape index (κ2) is 31.4. The van der Waals surface area contributed by atoms with Crippen molar-refractivity contribution in [2.75, 3.05) is 62.5 Å². The number of ether oxygens (including phenoxy) is 2. The molecule has 0 saturated carbocycles. The highest BCUT2D eigenvalue weighted by molar-refractivity contribution is 7.59. The number of nitrogens with zero attached hydrogens (tertiary/aromatic N) is 4. The molecule has 0 bridgehead atoms. The largest absolute Gasteiger partial charge is 0.460 e. The average molecular weight is 1320 g/mol. The van der Waals surface area contributed by atoms with Crippen LogP contribution in [0.2, 0.25) is 0 Å². The highest BCUT2D eigenvalue weighted by atomic mass is 31.2. The number of non-ortho nitro benzene ring substituents is 2. The third kappa shape index (κ3) is 18.3. The van der Waals surface area contributed by atoms with E-state index in [1.165, 1.54) is 38.1 Å². The van der Waals surface area contributed by atoms with Gasteiger partial charge in [0.15, 0.2) is 0 Å². The monoisotopic (exact) mass is 1320 g/mol. The van der Waals surface area contributed by atoms with Crippen molar-refractivity contribution in [3.63, 3.8) is 0 Å². The lowest BCUT2D eigenvalue weighted by Crippen LogP contribution is -2.34. The number of hydrogen-bond donors (Lipinski definition) is 2. The number of anilines is 2. The highest BCUT2D eigenvalue weighted by Gasteiger charge is 2.50. The van der Waals surface area contributed by atoms with E-state index in [9.17, 15) is 43.7 Å². The summed E-state index contributed by atoms with van der Waals surface area (Å²) in [5.41, 5.74) is 6.35. The van der Waals surface area contributed by atoms with Crippen molar-refractivity contribution in [1.82, 2.24) is 10.6 Å². The van der Waals surface area contributed by atoms with Crippen molar-refractivity contribution in [3.05, 3.63) is 257 Å². The molecule has 0 amide bonds. The number of Topliss-reactive ketones (excluding diaryl/α,β-unsaturated/α-hetero) is 1. The predicted molar refractivity (Wildman–Crippen MR) is 361 cm³/mol. The van der Waals surface area contributed by atoms with Gasteiger partial charge in [0.05, 0.1) is 83.0 Å². The van der Waals surface area contributed by atoms with Crippen molar-refractivity contribution in [3.8, 4) is 0 Å². The van der Waals surface area contributed by atoms with Gasteiger partial charge in [-0.05, 0) is 88.1 Å². The number of carbonyl (C=O) groups is 3. The molecule has 4 aliphatic heterocycles. The summed E-state index contributed by atoms with van der Waals surface area (Å²) in [5, 5.41) is 30.3. The molecule has 0 radical (unpaired) electrons. The molecule has 4 aliphatic rings. The lowest BCUT2D eigenvalue weighted by atomic mass is 9.86. The van der Waals surface area contributed by atoms with Crippen molar-refractivity contribution < 1.29 is 60.9 Å². The van der Waals surface area contributed by atoms with Crippen LogP contribution in [0, 0.1) is 31.1 Å². The molecule has 6 aromatic rings. The number of nitro benzene ring substituents is 2. The number of nitrogens with one attached hydrogen (secondary N) is 2. The van der Waals surface area contributed by atoms with Gasteiger partial charge in [-0.15, -0.1) is 0 Å². The van der Waals surface area contributed by atoms with E-state index in [-0.39, 0.29) is 89.4 Å². The zero-order chi connectivity index (χ0) is 68.0.